The summed E-state index contributed by atoms with van der Waals surface area (Å²) in [5.41, 5.74) is 6.33. The quantitative estimate of drug-likeness (QED) is 0.230. The van der Waals surface area contributed by atoms with Gasteiger partial charge in [0.1, 0.15) is 11.5 Å². The first-order valence-electron chi connectivity index (χ1n) is 12.6. The van der Waals surface area contributed by atoms with Crippen LogP contribution in [-0.2, 0) is 17.1 Å². The molecule has 0 aliphatic carbocycles. The van der Waals surface area contributed by atoms with Gasteiger partial charge in [-0.05, 0) is 84.9 Å². The third kappa shape index (κ3) is 9.20. The average Bonchev–Trinajstić information content (AvgIpc) is 2.97. The Morgan fingerprint density at radius 1 is 0.488 bits per heavy atom. The second kappa shape index (κ2) is 16.6. The zero-order valence-electron chi connectivity index (χ0n) is 22.8. The normalized spacial score (nSPS) is 12.8. The van der Waals surface area contributed by atoms with Crippen molar-refractivity contribution in [2.24, 2.45) is 0 Å². The maximum absolute atomic E-state index is 5.35. The van der Waals surface area contributed by atoms with E-state index in [2.05, 4.69) is 104 Å². The van der Waals surface area contributed by atoms with Crippen LogP contribution in [0.5, 0.6) is 11.5 Å². The summed E-state index contributed by atoms with van der Waals surface area (Å²) in [5, 5.41) is 14.3. The van der Waals surface area contributed by atoms with E-state index in [1.807, 2.05) is 24.3 Å². The Kier molecular flexibility index (Phi) is 13.6. The van der Waals surface area contributed by atoms with Crippen LogP contribution in [0, 0.1) is 0 Å². The van der Waals surface area contributed by atoms with Gasteiger partial charge in [-0.3, -0.25) is 0 Å². The van der Waals surface area contributed by atoms with E-state index >= 15 is 0 Å². The van der Waals surface area contributed by atoms with Crippen LogP contribution in [0.15, 0.2) is 97.1 Å². The molecule has 1 aliphatic rings. The second-order valence-corrected chi connectivity index (χ2v) is 8.98. The van der Waals surface area contributed by atoms with Crippen LogP contribution in [0.25, 0.3) is 0 Å². The van der Waals surface area contributed by atoms with Gasteiger partial charge in [0.2, 0.25) is 0 Å². The molecule has 221 valence electrons. The first-order valence-corrected chi connectivity index (χ1v) is 12.6. The van der Waals surface area contributed by atoms with Crippen molar-refractivity contribution in [1.82, 2.24) is 0 Å². The van der Waals surface area contributed by atoms with Gasteiger partial charge >= 0.3 is 17.1 Å². The largest absolute Gasteiger partial charge is 2.00 e. The first-order chi connectivity index (χ1) is 18.7. The summed E-state index contributed by atoms with van der Waals surface area (Å²) in [5.74, 6) is 1.68. The smallest absolute Gasteiger partial charge is 1.00 e. The van der Waals surface area contributed by atoms with Crippen molar-refractivity contribution in [3.8, 4) is 11.5 Å². The molecule has 0 spiro atoms. The molecule has 1 aliphatic heterocycles. The zero-order valence-corrected chi connectivity index (χ0v) is 25.3. The third-order valence-corrected chi connectivity index (χ3v) is 6.50. The van der Waals surface area contributed by atoms with Crippen molar-refractivity contribution in [3.05, 3.63) is 97.1 Å². The van der Waals surface area contributed by atoms with Crippen LogP contribution in [0.2, 0.25) is 0 Å². The van der Waals surface area contributed by atoms with Gasteiger partial charge in [0.15, 0.2) is 0 Å². The van der Waals surface area contributed by atoms with Gasteiger partial charge in [-0.2, -0.15) is 0 Å². The zero-order chi connectivity index (χ0) is 26.2. The molecule has 4 aromatic carbocycles. The Balaban J connectivity index is 0.00000196. The molecule has 11 heteroatoms. The van der Waals surface area contributed by atoms with Crippen molar-refractivity contribution in [3.63, 3.8) is 0 Å². The van der Waals surface area contributed by atoms with Gasteiger partial charge in [-0.25, -0.2) is 0 Å². The molecule has 8 nitrogen and oxygen atoms in total. The van der Waals surface area contributed by atoms with E-state index in [1.165, 1.54) is 0 Å². The number of anilines is 6. The second-order valence-electron chi connectivity index (χ2n) is 8.98. The molecule has 0 unspecified atom stereocenters. The molecule has 0 amide bonds. The summed E-state index contributed by atoms with van der Waals surface area (Å²) >= 11 is 0. The predicted octanol–water partition coefficient (Wildman–Crippen LogP) is -0.0861. The van der Waals surface area contributed by atoms with Gasteiger partial charge in [0.05, 0.1) is 40.9 Å². The van der Waals surface area contributed by atoms with Crippen LogP contribution in [0.3, 0.4) is 0 Å². The number of nitrogens with one attached hydrogen (secondary N) is 4. The van der Waals surface area contributed by atoms with Crippen LogP contribution >= 0.6 is 0 Å². The van der Waals surface area contributed by atoms with E-state index in [1.54, 1.807) is 14.2 Å². The van der Waals surface area contributed by atoms with Gasteiger partial charge in [0.25, 0.3) is 0 Å². The van der Waals surface area contributed by atoms with Crippen molar-refractivity contribution >= 4 is 34.1 Å². The topological polar surface area (TPSA) is 73.1 Å². The standard InChI is InChI=1S/C30H34N6O2.2ClH.Cu/c1-37-29-13-9-27(10-14-29)35-19-31-23-5-3-7-25(17-23)33-21-36(28-11-15-30(38-2)16-12-28)22-34-26-8-4-6-24(18-26)32-20-35;;;/h3-18,31-34H,19-22H2,1-2H3;2*1H;/q;;;+2/p-2. The molecule has 41 heavy (non-hydrogen) atoms. The molecule has 0 saturated carbocycles. The Morgan fingerprint density at radius 3 is 1.05 bits per heavy atom. The molecule has 1 heterocycles. The maximum atomic E-state index is 5.35. The minimum absolute atomic E-state index is 0. The molecule has 5 rings (SSSR count). The van der Waals surface area contributed by atoms with Crippen molar-refractivity contribution in [2.75, 3.05) is 72.0 Å². The van der Waals surface area contributed by atoms with Crippen LogP contribution < -0.4 is 65.4 Å². The van der Waals surface area contributed by atoms with Gasteiger partial charge in [-0.1, -0.05) is 12.1 Å². The summed E-state index contributed by atoms with van der Waals surface area (Å²) in [4.78, 5) is 4.49. The summed E-state index contributed by atoms with van der Waals surface area (Å²) in [6.07, 6.45) is 0. The Labute approximate surface area is 265 Å². The Hall–Kier alpha value is -3.62. The van der Waals surface area contributed by atoms with E-state index in [0.717, 1.165) is 45.6 Å². The maximum Gasteiger partial charge on any atom is 2.00 e. The molecular weight excluding hydrogens is 611 g/mol. The molecule has 0 fully saturated rings. The number of rotatable bonds is 4. The van der Waals surface area contributed by atoms with Gasteiger partial charge in [-0.15, -0.1) is 0 Å². The van der Waals surface area contributed by atoms with Crippen molar-refractivity contribution < 1.29 is 51.4 Å². The fourth-order valence-electron chi connectivity index (χ4n) is 4.29. The van der Waals surface area contributed by atoms with Crippen molar-refractivity contribution in [1.29, 1.82) is 0 Å². The predicted molar refractivity (Wildman–Crippen MR) is 158 cm³/mol. The summed E-state index contributed by atoms with van der Waals surface area (Å²) in [6, 6.07) is 33.0. The number of halogens is 2. The third-order valence-electron chi connectivity index (χ3n) is 6.50. The van der Waals surface area contributed by atoms with Gasteiger partial charge in [0, 0.05) is 34.1 Å². The van der Waals surface area contributed by atoms with Crippen LogP contribution in [0.4, 0.5) is 34.1 Å². The van der Waals surface area contributed by atoms with Crippen molar-refractivity contribution in [2.45, 2.75) is 0 Å². The minimum Gasteiger partial charge on any atom is -1.00 e. The molecule has 1 radical (unpaired) electrons. The molecule has 4 N–H and O–H groups in total. The summed E-state index contributed by atoms with van der Waals surface area (Å²) < 4.78 is 10.7. The minimum atomic E-state index is 0. The fourth-order valence-corrected chi connectivity index (χ4v) is 4.29. The molecule has 4 aromatic rings. The van der Waals surface area contributed by atoms with E-state index in [-0.39, 0.29) is 41.9 Å². The number of nitrogens with zero attached hydrogens (tertiary/aromatic N) is 2. The number of ether oxygens (including phenoxy) is 2. The molecular formula is C30H34Cl2CuN6O2. The average molecular weight is 645 g/mol. The van der Waals surface area contributed by atoms with Gasteiger partial charge < -0.3 is 65.4 Å². The van der Waals surface area contributed by atoms with Crippen LogP contribution in [-0.4, -0.2) is 40.9 Å². The number of benzene rings is 4. The van der Waals surface area contributed by atoms with E-state index in [9.17, 15) is 0 Å². The molecule has 0 atom stereocenters. The molecule has 0 saturated heterocycles. The van der Waals surface area contributed by atoms with Crippen LogP contribution in [0.1, 0.15) is 0 Å². The summed E-state index contributed by atoms with van der Waals surface area (Å²) in [6.45, 7) is 2.49. The van der Waals surface area contributed by atoms with E-state index in [4.69, 9.17) is 9.47 Å². The first kappa shape index (κ1) is 33.6. The number of hydrogen-bond acceptors (Lipinski definition) is 8. The Morgan fingerprint density at radius 2 is 0.780 bits per heavy atom. The summed E-state index contributed by atoms with van der Waals surface area (Å²) in [7, 11) is 3.37. The number of methoxy groups -OCH3 is 2. The van der Waals surface area contributed by atoms with E-state index < -0.39 is 0 Å². The monoisotopic (exact) mass is 643 g/mol. The number of hydrogen-bond donors (Lipinski definition) is 4. The fraction of sp³-hybridized carbons (Fsp3) is 0.200. The SMILES string of the molecule is COc1ccc(N2CNc3cccc(c3)NCN(c3ccc(OC)cc3)CNc3cccc(c3)NC2)cc1.[Cl-].[Cl-].[Cu+2]. The molecule has 4 bridgehead atoms. The van der Waals surface area contributed by atoms with E-state index in [0.29, 0.717) is 26.7 Å². The Bertz CT molecular complexity index is 1180. The molecule has 0 aromatic heterocycles. The number of fused-ring (bicyclic) bond motifs is 4.